The van der Waals surface area contributed by atoms with Crippen molar-refractivity contribution in [2.24, 2.45) is 22.9 Å². The monoisotopic (exact) mass is 291 g/mol. The molecule has 4 nitrogen and oxygen atoms in total. The molecule has 0 aromatic heterocycles. The molecule has 0 heterocycles. The van der Waals surface area contributed by atoms with Crippen LogP contribution < -0.4 is 22.9 Å². The van der Waals surface area contributed by atoms with E-state index >= 15 is 0 Å². The first-order chi connectivity index (χ1) is 7.61. The molecule has 8 N–H and O–H groups in total. The van der Waals surface area contributed by atoms with Crippen LogP contribution in [-0.4, -0.2) is 24.2 Å². The summed E-state index contributed by atoms with van der Waals surface area (Å²) in [6.07, 6.45) is 9.60. The zero-order chi connectivity index (χ0) is 12.0. The molecule has 4 unspecified atom stereocenters. The molecule has 2 fully saturated rings. The summed E-state index contributed by atoms with van der Waals surface area (Å²) in [4.78, 5) is 0. The summed E-state index contributed by atoms with van der Waals surface area (Å²) in [6, 6.07) is 1.12. The van der Waals surface area contributed by atoms with Gasteiger partial charge in [0.1, 0.15) is 0 Å². The average molecular weight is 292 g/mol. The van der Waals surface area contributed by atoms with Crippen LogP contribution in [0.3, 0.4) is 0 Å². The largest absolute Gasteiger partial charge is 2.00 e. The Labute approximate surface area is 116 Å². The van der Waals surface area contributed by atoms with E-state index in [1.165, 1.54) is 25.7 Å². The SMILES string of the molecule is NC1CCCCC1N.NC1CCCCC1N.[Cu+2]. The van der Waals surface area contributed by atoms with Crippen molar-refractivity contribution in [2.75, 3.05) is 0 Å². The summed E-state index contributed by atoms with van der Waals surface area (Å²) in [6.45, 7) is 0. The van der Waals surface area contributed by atoms with Gasteiger partial charge in [0.15, 0.2) is 0 Å². The van der Waals surface area contributed by atoms with Crippen molar-refractivity contribution in [3.63, 3.8) is 0 Å². The number of rotatable bonds is 0. The van der Waals surface area contributed by atoms with Crippen LogP contribution in [-0.2, 0) is 17.1 Å². The van der Waals surface area contributed by atoms with Gasteiger partial charge >= 0.3 is 17.1 Å². The minimum atomic E-state index is 0. The van der Waals surface area contributed by atoms with Crippen molar-refractivity contribution in [1.29, 1.82) is 0 Å². The van der Waals surface area contributed by atoms with E-state index in [-0.39, 0.29) is 41.2 Å². The quantitative estimate of drug-likeness (QED) is 0.486. The van der Waals surface area contributed by atoms with Crippen LogP contribution in [0.5, 0.6) is 0 Å². The Kier molecular flexibility index (Phi) is 9.51. The van der Waals surface area contributed by atoms with Crippen LogP contribution in [0, 0.1) is 0 Å². The third-order valence-corrected chi connectivity index (χ3v) is 3.75. The van der Waals surface area contributed by atoms with Crippen molar-refractivity contribution in [3.8, 4) is 0 Å². The molecule has 0 spiro atoms. The van der Waals surface area contributed by atoms with Crippen LogP contribution in [0.4, 0.5) is 0 Å². The van der Waals surface area contributed by atoms with Gasteiger partial charge in [0.05, 0.1) is 0 Å². The van der Waals surface area contributed by atoms with E-state index in [0.29, 0.717) is 0 Å². The standard InChI is InChI=1S/2C6H14N2.Cu/c2*7-5-3-1-2-4-6(5)8;/h2*5-6H,1-4,7-8H2;/q;;+2. The maximum atomic E-state index is 5.65. The van der Waals surface area contributed by atoms with Gasteiger partial charge in [0.25, 0.3) is 0 Å². The summed E-state index contributed by atoms with van der Waals surface area (Å²) in [7, 11) is 0. The smallest absolute Gasteiger partial charge is 0.326 e. The zero-order valence-corrected chi connectivity index (χ0v) is 11.5. The molecule has 105 valence electrons. The summed E-state index contributed by atoms with van der Waals surface area (Å²) < 4.78 is 0. The molecule has 0 saturated heterocycles. The van der Waals surface area contributed by atoms with Crippen molar-refractivity contribution in [1.82, 2.24) is 0 Å². The first-order valence-electron chi connectivity index (χ1n) is 6.63. The molecule has 0 aromatic carbocycles. The molecule has 0 aliphatic heterocycles. The van der Waals surface area contributed by atoms with Crippen molar-refractivity contribution < 1.29 is 17.1 Å². The summed E-state index contributed by atoms with van der Waals surface area (Å²) in [5.74, 6) is 0. The molecule has 2 aliphatic rings. The third kappa shape index (κ3) is 6.75. The number of nitrogens with two attached hydrogens (primary N) is 4. The van der Waals surface area contributed by atoms with Crippen LogP contribution in [0.25, 0.3) is 0 Å². The fourth-order valence-corrected chi connectivity index (χ4v) is 2.38. The first-order valence-corrected chi connectivity index (χ1v) is 6.63. The fraction of sp³-hybridized carbons (Fsp3) is 1.00. The maximum Gasteiger partial charge on any atom is 2.00 e. The second kappa shape index (κ2) is 9.31. The van der Waals surface area contributed by atoms with Gasteiger partial charge in [0.2, 0.25) is 0 Å². The van der Waals surface area contributed by atoms with Gasteiger partial charge in [-0.1, -0.05) is 25.7 Å². The Morgan fingerprint density at radius 1 is 0.471 bits per heavy atom. The maximum absolute atomic E-state index is 5.65. The molecule has 0 bridgehead atoms. The normalized spacial score (nSPS) is 37.4. The zero-order valence-electron chi connectivity index (χ0n) is 10.6. The van der Waals surface area contributed by atoms with E-state index in [9.17, 15) is 0 Å². The second-order valence-corrected chi connectivity index (χ2v) is 5.22. The van der Waals surface area contributed by atoms with Crippen LogP contribution >= 0.6 is 0 Å². The van der Waals surface area contributed by atoms with E-state index < -0.39 is 0 Å². The number of hydrogen-bond acceptors (Lipinski definition) is 4. The van der Waals surface area contributed by atoms with Gasteiger partial charge in [-0.25, -0.2) is 0 Å². The van der Waals surface area contributed by atoms with Gasteiger partial charge in [-0.3, -0.25) is 0 Å². The molecule has 0 aromatic rings. The first kappa shape index (κ1) is 17.4. The minimum absolute atomic E-state index is 0. The van der Waals surface area contributed by atoms with Crippen molar-refractivity contribution in [2.45, 2.75) is 75.5 Å². The predicted octanol–water partition coefficient (Wildman–Crippen LogP) is 0.428. The van der Waals surface area contributed by atoms with Crippen LogP contribution in [0.15, 0.2) is 0 Å². The predicted molar refractivity (Wildman–Crippen MR) is 68.8 cm³/mol. The summed E-state index contributed by atoms with van der Waals surface area (Å²) >= 11 is 0. The van der Waals surface area contributed by atoms with Crippen LogP contribution in [0.2, 0.25) is 0 Å². The van der Waals surface area contributed by atoms with Gasteiger partial charge in [-0.15, -0.1) is 0 Å². The molecule has 1 radical (unpaired) electrons. The average Bonchev–Trinajstić information content (AvgIpc) is 2.28. The Balaban J connectivity index is 0.000000284. The van der Waals surface area contributed by atoms with E-state index in [1.54, 1.807) is 0 Å². The van der Waals surface area contributed by atoms with E-state index in [4.69, 9.17) is 22.9 Å². The molecule has 4 atom stereocenters. The molecule has 2 rings (SSSR count). The van der Waals surface area contributed by atoms with E-state index in [1.807, 2.05) is 0 Å². The van der Waals surface area contributed by atoms with Crippen molar-refractivity contribution >= 4 is 0 Å². The van der Waals surface area contributed by atoms with Crippen LogP contribution in [0.1, 0.15) is 51.4 Å². The molecule has 2 aliphatic carbocycles. The summed E-state index contributed by atoms with van der Waals surface area (Å²) in [5.41, 5.74) is 22.6. The molecular weight excluding hydrogens is 264 g/mol. The second-order valence-electron chi connectivity index (χ2n) is 5.22. The minimum Gasteiger partial charge on any atom is -0.326 e. The van der Waals surface area contributed by atoms with E-state index in [2.05, 4.69) is 0 Å². The number of hydrogen-bond donors (Lipinski definition) is 4. The van der Waals surface area contributed by atoms with Gasteiger partial charge in [-0.2, -0.15) is 0 Å². The fourth-order valence-electron chi connectivity index (χ4n) is 2.38. The topological polar surface area (TPSA) is 104 Å². The van der Waals surface area contributed by atoms with Crippen molar-refractivity contribution in [3.05, 3.63) is 0 Å². The van der Waals surface area contributed by atoms with Gasteiger partial charge < -0.3 is 22.9 Å². The Bertz CT molecular complexity index is 151. The van der Waals surface area contributed by atoms with Gasteiger partial charge in [-0.05, 0) is 25.7 Å². The van der Waals surface area contributed by atoms with E-state index in [0.717, 1.165) is 25.7 Å². The summed E-state index contributed by atoms with van der Waals surface area (Å²) in [5, 5.41) is 0. The molecule has 2 saturated carbocycles. The molecule has 0 amide bonds. The molecular formula is C12H28CuN4+2. The molecule has 5 heteroatoms. The third-order valence-electron chi connectivity index (χ3n) is 3.75. The van der Waals surface area contributed by atoms with Gasteiger partial charge in [0, 0.05) is 24.2 Å². The Hall–Kier alpha value is 0.359. The molecule has 17 heavy (non-hydrogen) atoms. The Morgan fingerprint density at radius 3 is 0.765 bits per heavy atom. The Morgan fingerprint density at radius 2 is 0.647 bits per heavy atom.